The molecule has 1 atom stereocenters. The average molecular weight is 280 g/mol. The molecule has 1 N–H and O–H groups in total. The lowest BCUT2D eigenvalue weighted by atomic mass is 9.76. The van der Waals surface area contributed by atoms with Crippen LogP contribution in [0, 0.1) is 11.8 Å². The maximum Gasteiger partial charge on any atom is 0.336 e. The second kappa shape index (κ2) is 6.45. The van der Waals surface area contributed by atoms with Crippen molar-refractivity contribution in [3.05, 3.63) is 58.7 Å². The molecule has 21 heavy (non-hydrogen) atoms. The molecule has 0 heterocycles. The first-order chi connectivity index (χ1) is 10.1. The Morgan fingerprint density at radius 2 is 2.19 bits per heavy atom. The molecular formula is C19H20O2. The molecule has 0 radical (unpaired) electrons. The van der Waals surface area contributed by atoms with Crippen molar-refractivity contribution in [1.82, 2.24) is 0 Å². The van der Waals surface area contributed by atoms with Crippen LogP contribution in [0.5, 0.6) is 0 Å². The summed E-state index contributed by atoms with van der Waals surface area (Å²) in [6.45, 7) is 7.86. The van der Waals surface area contributed by atoms with E-state index >= 15 is 0 Å². The van der Waals surface area contributed by atoms with Gasteiger partial charge in [-0.05, 0) is 56.9 Å². The Bertz CT molecular complexity index is 669. The molecular weight excluding hydrogens is 260 g/mol. The summed E-state index contributed by atoms with van der Waals surface area (Å²) >= 11 is 0. The molecule has 1 aliphatic carbocycles. The van der Waals surface area contributed by atoms with E-state index in [4.69, 9.17) is 0 Å². The number of benzene rings is 1. The van der Waals surface area contributed by atoms with Crippen molar-refractivity contribution in [3.63, 3.8) is 0 Å². The fourth-order valence-corrected chi connectivity index (χ4v) is 3.01. The van der Waals surface area contributed by atoms with Gasteiger partial charge in [0.25, 0.3) is 0 Å². The van der Waals surface area contributed by atoms with Crippen LogP contribution in [0.15, 0.2) is 42.0 Å². The molecule has 1 unspecified atom stereocenters. The highest BCUT2D eigenvalue weighted by Crippen LogP contribution is 2.39. The normalized spacial score (nSPS) is 17.9. The van der Waals surface area contributed by atoms with E-state index < -0.39 is 5.97 Å². The lowest BCUT2D eigenvalue weighted by Gasteiger charge is -2.27. The van der Waals surface area contributed by atoms with E-state index in [9.17, 15) is 9.90 Å². The minimum Gasteiger partial charge on any atom is -0.478 e. The molecule has 0 saturated heterocycles. The van der Waals surface area contributed by atoms with Gasteiger partial charge in [-0.15, -0.1) is 0 Å². The maximum atomic E-state index is 11.6. The van der Waals surface area contributed by atoms with Gasteiger partial charge in [0.1, 0.15) is 0 Å². The lowest BCUT2D eigenvalue weighted by Crippen LogP contribution is -2.14. The SMILES string of the molecule is C=CC#Cc1cccc(C(=O)O)c1C1CCCC(C)=C1C. The van der Waals surface area contributed by atoms with Gasteiger partial charge >= 0.3 is 5.97 Å². The summed E-state index contributed by atoms with van der Waals surface area (Å²) in [7, 11) is 0. The third-order valence-electron chi connectivity index (χ3n) is 4.23. The first-order valence-corrected chi connectivity index (χ1v) is 7.21. The summed E-state index contributed by atoms with van der Waals surface area (Å²) in [5.41, 5.74) is 4.68. The highest BCUT2D eigenvalue weighted by molar-refractivity contribution is 5.90. The Balaban J connectivity index is 2.67. The summed E-state index contributed by atoms with van der Waals surface area (Å²) in [5.74, 6) is 5.15. The third-order valence-corrected chi connectivity index (χ3v) is 4.23. The molecule has 2 rings (SSSR count). The first kappa shape index (κ1) is 15.1. The number of hydrogen-bond donors (Lipinski definition) is 1. The number of carboxylic acid groups (broad SMARTS) is 1. The zero-order chi connectivity index (χ0) is 15.4. The Morgan fingerprint density at radius 3 is 2.86 bits per heavy atom. The predicted molar refractivity (Wildman–Crippen MR) is 85.4 cm³/mol. The van der Waals surface area contributed by atoms with Crippen LogP contribution in [0.1, 0.15) is 60.5 Å². The minimum absolute atomic E-state index is 0.153. The van der Waals surface area contributed by atoms with Crippen LogP contribution in [0.25, 0.3) is 0 Å². The third kappa shape index (κ3) is 3.08. The molecule has 2 nitrogen and oxygen atoms in total. The molecule has 1 aromatic carbocycles. The van der Waals surface area contributed by atoms with Gasteiger partial charge in [0, 0.05) is 11.5 Å². The summed E-state index contributed by atoms with van der Waals surface area (Å²) in [6.07, 6.45) is 4.71. The molecule has 0 aromatic heterocycles. The molecule has 108 valence electrons. The summed E-state index contributed by atoms with van der Waals surface area (Å²) < 4.78 is 0. The van der Waals surface area contributed by atoms with Crippen molar-refractivity contribution >= 4 is 5.97 Å². The van der Waals surface area contributed by atoms with Crippen molar-refractivity contribution in [1.29, 1.82) is 0 Å². The van der Waals surface area contributed by atoms with Gasteiger partial charge in [-0.3, -0.25) is 0 Å². The number of hydrogen-bond acceptors (Lipinski definition) is 1. The van der Waals surface area contributed by atoms with Gasteiger partial charge in [0.15, 0.2) is 0 Å². The highest BCUT2D eigenvalue weighted by Gasteiger charge is 2.26. The monoisotopic (exact) mass is 280 g/mol. The Labute approximate surface area is 126 Å². The van der Waals surface area contributed by atoms with E-state index in [1.807, 2.05) is 6.07 Å². The van der Waals surface area contributed by atoms with Crippen molar-refractivity contribution in [2.75, 3.05) is 0 Å². The Morgan fingerprint density at radius 1 is 1.43 bits per heavy atom. The van der Waals surface area contributed by atoms with Gasteiger partial charge in [-0.25, -0.2) is 4.79 Å². The summed E-state index contributed by atoms with van der Waals surface area (Å²) in [6, 6.07) is 5.33. The summed E-state index contributed by atoms with van der Waals surface area (Å²) in [5, 5.41) is 9.51. The second-order valence-electron chi connectivity index (χ2n) is 5.45. The van der Waals surface area contributed by atoms with Gasteiger partial charge < -0.3 is 5.11 Å². The van der Waals surface area contributed by atoms with Gasteiger partial charge in [-0.2, -0.15) is 0 Å². The molecule has 0 fully saturated rings. The van der Waals surface area contributed by atoms with Gasteiger partial charge in [0.05, 0.1) is 5.56 Å². The predicted octanol–water partition coefficient (Wildman–Crippen LogP) is 4.53. The summed E-state index contributed by atoms with van der Waals surface area (Å²) in [4.78, 5) is 11.6. The van der Waals surface area contributed by atoms with Crippen LogP contribution in [-0.2, 0) is 0 Å². The topological polar surface area (TPSA) is 37.3 Å². The lowest BCUT2D eigenvalue weighted by molar-refractivity contribution is 0.0695. The first-order valence-electron chi connectivity index (χ1n) is 7.21. The molecule has 0 saturated carbocycles. The Kier molecular flexibility index (Phi) is 4.65. The molecule has 1 aliphatic rings. The smallest absolute Gasteiger partial charge is 0.336 e. The van der Waals surface area contributed by atoms with Crippen LogP contribution in [0.4, 0.5) is 0 Å². The van der Waals surface area contributed by atoms with Gasteiger partial charge in [-0.1, -0.05) is 35.6 Å². The number of carboxylic acids is 1. The fourth-order valence-electron chi connectivity index (χ4n) is 3.01. The molecule has 0 aliphatic heterocycles. The minimum atomic E-state index is -0.886. The van der Waals surface area contributed by atoms with Crippen molar-refractivity contribution in [3.8, 4) is 11.8 Å². The average Bonchev–Trinajstić information content (AvgIpc) is 2.47. The van der Waals surface area contributed by atoms with E-state index in [2.05, 4.69) is 32.3 Å². The zero-order valence-electron chi connectivity index (χ0n) is 12.6. The van der Waals surface area contributed by atoms with Crippen molar-refractivity contribution < 1.29 is 9.90 Å². The van der Waals surface area contributed by atoms with Crippen LogP contribution >= 0.6 is 0 Å². The number of aromatic carboxylic acids is 1. The number of carbonyl (C=O) groups is 1. The van der Waals surface area contributed by atoms with E-state index in [1.165, 1.54) is 17.2 Å². The van der Waals surface area contributed by atoms with E-state index in [-0.39, 0.29) is 5.92 Å². The molecule has 2 heteroatoms. The molecule has 0 bridgehead atoms. The maximum absolute atomic E-state index is 11.6. The van der Waals surface area contributed by atoms with Crippen LogP contribution in [0.2, 0.25) is 0 Å². The van der Waals surface area contributed by atoms with E-state index in [0.717, 1.165) is 30.4 Å². The fraction of sp³-hybridized carbons (Fsp3) is 0.316. The van der Waals surface area contributed by atoms with Crippen molar-refractivity contribution in [2.45, 2.75) is 39.0 Å². The number of rotatable bonds is 2. The van der Waals surface area contributed by atoms with Gasteiger partial charge in [0.2, 0.25) is 0 Å². The van der Waals surface area contributed by atoms with Crippen LogP contribution in [0.3, 0.4) is 0 Å². The quantitative estimate of drug-likeness (QED) is 0.638. The second-order valence-corrected chi connectivity index (χ2v) is 5.45. The highest BCUT2D eigenvalue weighted by atomic mass is 16.4. The van der Waals surface area contributed by atoms with E-state index in [1.54, 1.807) is 12.1 Å². The Hall–Kier alpha value is -2.27. The molecule has 0 amide bonds. The van der Waals surface area contributed by atoms with Crippen molar-refractivity contribution in [2.24, 2.45) is 0 Å². The zero-order valence-corrected chi connectivity index (χ0v) is 12.6. The molecule has 1 aromatic rings. The van der Waals surface area contributed by atoms with E-state index in [0.29, 0.717) is 5.56 Å². The standard InChI is InChI=1S/C19H20O2/c1-4-5-9-15-10-7-12-17(19(20)21)18(15)16-11-6-8-13(2)14(16)3/h4,7,10,12,16H,1,6,8,11H2,2-3H3,(H,20,21). The number of allylic oxidation sites excluding steroid dienone is 3. The van der Waals surface area contributed by atoms with Crippen LogP contribution < -0.4 is 0 Å². The molecule has 0 spiro atoms. The van der Waals surface area contributed by atoms with Crippen LogP contribution in [-0.4, -0.2) is 11.1 Å². The largest absolute Gasteiger partial charge is 0.478 e.